The lowest BCUT2D eigenvalue weighted by Gasteiger charge is -2.23. The topological polar surface area (TPSA) is 49.4 Å². The predicted molar refractivity (Wildman–Crippen MR) is 97.7 cm³/mol. The summed E-state index contributed by atoms with van der Waals surface area (Å²) in [5.41, 5.74) is 1.80. The average molecular weight is 337 g/mol. The van der Waals surface area contributed by atoms with Crippen molar-refractivity contribution in [3.63, 3.8) is 0 Å². The number of thioether (sulfide) groups is 1. The molecule has 1 aromatic carbocycles. The summed E-state index contributed by atoms with van der Waals surface area (Å²) >= 11 is 1.85. The highest BCUT2D eigenvalue weighted by molar-refractivity contribution is 7.98. The second-order valence-corrected chi connectivity index (χ2v) is 7.50. The molecule has 0 fully saturated rings. The van der Waals surface area contributed by atoms with E-state index in [0.29, 0.717) is 17.9 Å². The van der Waals surface area contributed by atoms with Crippen molar-refractivity contribution in [2.45, 2.75) is 39.0 Å². The van der Waals surface area contributed by atoms with Gasteiger partial charge in [-0.05, 0) is 35.8 Å². The van der Waals surface area contributed by atoms with Crippen LogP contribution in [0.2, 0.25) is 0 Å². The molecule has 1 atom stereocenters. The van der Waals surface area contributed by atoms with Gasteiger partial charge in [0.1, 0.15) is 6.04 Å². The number of hydrogen-bond acceptors (Lipinski definition) is 3. The van der Waals surface area contributed by atoms with Crippen LogP contribution in [0.4, 0.5) is 0 Å². The Kier molecular flexibility index (Phi) is 8.17. The van der Waals surface area contributed by atoms with Crippen LogP contribution in [0.15, 0.2) is 24.3 Å². The van der Waals surface area contributed by atoms with Crippen LogP contribution in [0.3, 0.4) is 0 Å². The first kappa shape index (κ1) is 19.6. The normalized spacial score (nSPS) is 12.1. The van der Waals surface area contributed by atoms with Crippen molar-refractivity contribution in [1.82, 2.24) is 10.2 Å². The highest BCUT2D eigenvalue weighted by atomic mass is 32.2. The van der Waals surface area contributed by atoms with Crippen LogP contribution in [0.5, 0.6) is 0 Å². The summed E-state index contributed by atoms with van der Waals surface area (Å²) in [6, 6.07) is 7.12. The standard InChI is InChI=1S/C18H28N2O2S/c1-6-23-12-14-7-9-15(10-8-14)17(21)19-16(11-13(2)3)18(22)20(4)5/h7-10,13,16H,6,11-12H2,1-5H3,(H,19,21)/t16-/m0/s1. The highest BCUT2D eigenvalue weighted by Gasteiger charge is 2.23. The van der Waals surface area contributed by atoms with Gasteiger partial charge in [-0.1, -0.05) is 32.9 Å². The molecular formula is C18H28N2O2S. The monoisotopic (exact) mass is 336 g/mol. The zero-order valence-corrected chi connectivity index (χ0v) is 15.6. The van der Waals surface area contributed by atoms with Gasteiger partial charge < -0.3 is 10.2 Å². The predicted octanol–water partition coefficient (Wildman–Crippen LogP) is 3.17. The van der Waals surface area contributed by atoms with Crippen LogP contribution in [-0.2, 0) is 10.5 Å². The van der Waals surface area contributed by atoms with E-state index >= 15 is 0 Å². The Morgan fingerprint density at radius 2 is 1.78 bits per heavy atom. The largest absolute Gasteiger partial charge is 0.347 e. The number of nitrogens with zero attached hydrogens (tertiary/aromatic N) is 1. The summed E-state index contributed by atoms with van der Waals surface area (Å²) in [6.07, 6.45) is 0.633. The molecule has 0 aliphatic rings. The molecule has 23 heavy (non-hydrogen) atoms. The SMILES string of the molecule is CCSCc1ccc(C(=O)N[C@@H](CC(C)C)C(=O)N(C)C)cc1. The Morgan fingerprint density at radius 1 is 1.17 bits per heavy atom. The number of rotatable bonds is 8. The van der Waals surface area contributed by atoms with Crippen LogP contribution in [-0.4, -0.2) is 42.6 Å². The number of carbonyl (C=O) groups excluding carboxylic acids is 2. The van der Waals surface area contributed by atoms with E-state index in [0.717, 1.165) is 11.5 Å². The molecule has 0 radical (unpaired) electrons. The Hall–Kier alpha value is -1.49. The first-order chi connectivity index (χ1) is 10.8. The highest BCUT2D eigenvalue weighted by Crippen LogP contribution is 2.13. The maximum absolute atomic E-state index is 12.4. The third-order valence-electron chi connectivity index (χ3n) is 3.44. The molecule has 0 aliphatic carbocycles. The number of carbonyl (C=O) groups is 2. The van der Waals surface area contributed by atoms with E-state index in [4.69, 9.17) is 0 Å². The van der Waals surface area contributed by atoms with Crippen molar-refractivity contribution in [3.05, 3.63) is 35.4 Å². The van der Waals surface area contributed by atoms with Crippen molar-refractivity contribution in [2.75, 3.05) is 19.8 Å². The fraction of sp³-hybridized carbons (Fsp3) is 0.556. The van der Waals surface area contributed by atoms with Gasteiger partial charge in [0, 0.05) is 25.4 Å². The van der Waals surface area contributed by atoms with E-state index < -0.39 is 6.04 Å². The molecule has 2 amide bonds. The third-order valence-corrected chi connectivity index (χ3v) is 4.39. The molecule has 4 nitrogen and oxygen atoms in total. The van der Waals surface area contributed by atoms with E-state index in [1.165, 1.54) is 10.5 Å². The van der Waals surface area contributed by atoms with Gasteiger partial charge in [-0.3, -0.25) is 9.59 Å². The van der Waals surface area contributed by atoms with E-state index in [9.17, 15) is 9.59 Å². The van der Waals surface area contributed by atoms with Crippen molar-refractivity contribution >= 4 is 23.6 Å². The second-order valence-electron chi connectivity index (χ2n) is 6.22. The number of hydrogen-bond donors (Lipinski definition) is 1. The van der Waals surface area contributed by atoms with Gasteiger partial charge in [-0.2, -0.15) is 11.8 Å². The Bertz CT molecular complexity index is 512. The lowest BCUT2D eigenvalue weighted by Crippen LogP contribution is -2.46. The first-order valence-corrected chi connectivity index (χ1v) is 9.19. The molecule has 0 heterocycles. The molecule has 0 bridgehead atoms. The molecule has 0 unspecified atom stereocenters. The van der Waals surface area contributed by atoms with Crippen LogP contribution >= 0.6 is 11.8 Å². The lowest BCUT2D eigenvalue weighted by molar-refractivity contribution is -0.131. The molecule has 0 aliphatic heterocycles. The van der Waals surface area contributed by atoms with Crippen molar-refractivity contribution < 1.29 is 9.59 Å². The third kappa shape index (κ3) is 6.65. The number of nitrogens with one attached hydrogen (secondary N) is 1. The smallest absolute Gasteiger partial charge is 0.251 e. The summed E-state index contributed by atoms with van der Waals surface area (Å²) in [5.74, 6) is 2.10. The van der Waals surface area contributed by atoms with Crippen molar-refractivity contribution in [3.8, 4) is 0 Å². The molecule has 128 valence electrons. The zero-order valence-electron chi connectivity index (χ0n) is 14.8. The number of benzene rings is 1. The van der Waals surface area contributed by atoms with Gasteiger partial charge in [-0.15, -0.1) is 0 Å². The first-order valence-electron chi connectivity index (χ1n) is 8.03. The van der Waals surface area contributed by atoms with E-state index in [2.05, 4.69) is 12.2 Å². The minimum absolute atomic E-state index is 0.0667. The van der Waals surface area contributed by atoms with Gasteiger partial charge in [0.05, 0.1) is 0 Å². The summed E-state index contributed by atoms with van der Waals surface area (Å²) in [5, 5.41) is 2.87. The molecule has 0 saturated heterocycles. The van der Waals surface area contributed by atoms with E-state index in [1.54, 1.807) is 14.1 Å². The van der Waals surface area contributed by atoms with E-state index in [-0.39, 0.29) is 11.8 Å². The number of likely N-dealkylation sites (N-methyl/N-ethyl adjacent to an activating group) is 1. The Balaban J connectivity index is 2.75. The Labute approximate surface area is 144 Å². The van der Waals surface area contributed by atoms with Crippen molar-refractivity contribution in [1.29, 1.82) is 0 Å². The number of amides is 2. The molecule has 1 aromatic rings. The quantitative estimate of drug-likeness (QED) is 0.793. The summed E-state index contributed by atoms with van der Waals surface area (Å²) in [4.78, 5) is 26.2. The maximum Gasteiger partial charge on any atom is 0.251 e. The minimum atomic E-state index is -0.479. The van der Waals surface area contributed by atoms with Crippen LogP contribution in [0, 0.1) is 5.92 Å². The van der Waals surface area contributed by atoms with Gasteiger partial charge in [0.2, 0.25) is 5.91 Å². The molecule has 0 spiro atoms. The summed E-state index contributed by atoms with van der Waals surface area (Å²) in [7, 11) is 3.42. The molecular weight excluding hydrogens is 308 g/mol. The molecule has 0 aromatic heterocycles. The summed E-state index contributed by atoms with van der Waals surface area (Å²) < 4.78 is 0. The maximum atomic E-state index is 12.4. The minimum Gasteiger partial charge on any atom is -0.347 e. The molecule has 5 heteroatoms. The van der Waals surface area contributed by atoms with Gasteiger partial charge in [0.15, 0.2) is 0 Å². The van der Waals surface area contributed by atoms with Crippen LogP contribution < -0.4 is 5.32 Å². The molecule has 0 saturated carbocycles. The van der Waals surface area contributed by atoms with Crippen LogP contribution in [0.1, 0.15) is 43.1 Å². The molecule has 1 rings (SSSR count). The van der Waals surface area contributed by atoms with E-state index in [1.807, 2.05) is 49.9 Å². The van der Waals surface area contributed by atoms with Gasteiger partial charge in [0.25, 0.3) is 5.91 Å². The fourth-order valence-corrected chi connectivity index (χ4v) is 2.85. The van der Waals surface area contributed by atoms with Crippen LogP contribution in [0.25, 0.3) is 0 Å². The lowest BCUT2D eigenvalue weighted by atomic mass is 10.0. The Morgan fingerprint density at radius 3 is 2.26 bits per heavy atom. The van der Waals surface area contributed by atoms with Gasteiger partial charge in [-0.25, -0.2) is 0 Å². The van der Waals surface area contributed by atoms with Crippen molar-refractivity contribution in [2.24, 2.45) is 5.92 Å². The van der Waals surface area contributed by atoms with Gasteiger partial charge >= 0.3 is 0 Å². The molecule has 1 N–H and O–H groups in total. The zero-order chi connectivity index (χ0) is 17.4. The summed E-state index contributed by atoms with van der Waals surface area (Å²) in [6.45, 7) is 6.22. The fourth-order valence-electron chi connectivity index (χ4n) is 2.22. The average Bonchev–Trinajstić information content (AvgIpc) is 2.51. The second kappa shape index (κ2) is 9.60.